The Morgan fingerprint density at radius 3 is 2.62 bits per heavy atom. The normalized spacial score (nSPS) is 32.2. The molecule has 1 unspecified atom stereocenters. The Bertz CT molecular complexity index is 289. The van der Waals surface area contributed by atoms with Gasteiger partial charge in [0.15, 0.2) is 0 Å². The number of rotatable bonds is 1. The van der Waals surface area contributed by atoms with E-state index in [0.717, 1.165) is 24.1 Å². The Labute approximate surface area is 83.4 Å². The monoisotopic (exact) mass is 196 g/mol. The van der Waals surface area contributed by atoms with E-state index in [1.165, 1.54) is 0 Å². The quantitative estimate of drug-likeness (QED) is 0.731. The van der Waals surface area contributed by atoms with Gasteiger partial charge in [0.25, 0.3) is 0 Å². The molecule has 1 atom stereocenters. The highest BCUT2D eigenvalue weighted by Gasteiger charge is 2.43. The maximum atomic E-state index is 10.4. The largest absolute Gasteiger partial charge is 0.384 e. The van der Waals surface area contributed by atoms with Gasteiger partial charge in [0.05, 0.1) is 5.60 Å². The third-order valence-electron chi connectivity index (χ3n) is 2.97. The van der Waals surface area contributed by atoms with E-state index < -0.39 is 5.60 Å². The second kappa shape index (κ2) is 2.82. The summed E-state index contributed by atoms with van der Waals surface area (Å²) in [6.45, 7) is 4.47. The van der Waals surface area contributed by atoms with Crippen molar-refractivity contribution in [2.45, 2.75) is 38.7 Å². The molecule has 0 amide bonds. The topological polar surface area (TPSA) is 20.2 Å². The fourth-order valence-corrected chi connectivity index (χ4v) is 3.12. The van der Waals surface area contributed by atoms with Crippen LogP contribution in [-0.4, -0.2) is 5.11 Å². The molecular weight excluding hydrogens is 180 g/mol. The fourth-order valence-electron chi connectivity index (χ4n) is 2.27. The summed E-state index contributed by atoms with van der Waals surface area (Å²) in [5.74, 6) is 0. The maximum Gasteiger partial charge on any atom is 0.0993 e. The second-order valence-electron chi connectivity index (χ2n) is 4.85. The van der Waals surface area contributed by atoms with Gasteiger partial charge in [-0.15, -0.1) is 11.3 Å². The van der Waals surface area contributed by atoms with Gasteiger partial charge in [0, 0.05) is 4.88 Å². The summed E-state index contributed by atoms with van der Waals surface area (Å²) in [4.78, 5) is 1.14. The second-order valence-corrected chi connectivity index (χ2v) is 5.80. The third kappa shape index (κ3) is 1.65. The minimum Gasteiger partial charge on any atom is -0.384 e. The van der Waals surface area contributed by atoms with Gasteiger partial charge in [0.1, 0.15) is 0 Å². The van der Waals surface area contributed by atoms with Crippen molar-refractivity contribution in [3.63, 3.8) is 0 Å². The summed E-state index contributed by atoms with van der Waals surface area (Å²) in [6.07, 6.45) is 2.95. The first-order chi connectivity index (χ1) is 6.02. The maximum absolute atomic E-state index is 10.4. The van der Waals surface area contributed by atoms with Gasteiger partial charge in [-0.05, 0) is 36.1 Å². The van der Waals surface area contributed by atoms with Crippen LogP contribution in [0.15, 0.2) is 17.5 Å². The van der Waals surface area contributed by atoms with Crippen molar-refractivity contribution in [3.05, 3.63) is 22.4 Å². The number of thiophene rings is 1. The number of aliphatic hydroxyl groups is 1. The van der Waals surface area contributed by atoms with Gasteiger partial charge in [-0.2, -0.15) is 0 Å². The van der Waals surface area contributed by atoms with Crippen LogP contribution in [0.1, 0.15) is 38.0 Å². The number of hydrogen-bond donors (Lipinski definition) is 1. The van der Waals surface area contributed by atoms with Gasteiger partial charge in [-0.25, -0.2) is 0 Å². The van der Waals surface area contributed by atoms with Crippen LogP contribution in [0.4, 0.5) is 0 Å². The lowest BCUT2D eigenvalue weighted by Crippen LogP contribution is -2.21. The van der Waals surface area contributed by atoms with Crippen LogP contribution in [-0.2, 0) is 5.60 Å². The van der Waals surface area contributed by atoms with E-state index in [0.29, 0.717) is 5.41 Å². The summed E-state index contributed by atoms with van der Waals surface area (Å²) in [5, 5.41) is 12.4. The SMILES string of the molecule is CC1(C)CCC(O)(c2cccs2)C1. The van der Waals surface area contributed by atoms with E-state index in [-0.39, 0.29) is 0 Å². The highest BCUT2D eigenvalue weighted by Crippen LogP contribution is 2.49. The number of hydrogen-bond acceptors (Lipinski definition) is 2. The molecule has 0 aromatic carbocycles. The van der Waals surface area contributed by atoms with Gasteiger partial charge in [0.2, 0.25) is 0 Å². The van der Waals surface area contributed by atoms with Gasteiger partial charge >= 0.3 is 0 Å². The van der Waals surface area contributed by atoms with Crippen LogP contribution in [0.5, 0.6) is 0 Å². The van der Waals surface area contributed by atoms with Crippen molar-refractivity contribution in [2.75, 3.05) is 0 Å². The molecule has 2 rings (SSSR count). The summed E-state index contributed by atoms with van der Waals surface area (Å²) in [6, 6.07) is 4.06. The molecule has 1 N–H and O–H groups in total. The zero-order valence-electron chi connectivity index (χ0n) is 8.21. The lowest BCUT2D eigenvalue weighted by Gasteiger charge is -2.23. The molecule has 2 heteroatoms. The van der Waals surface area contributed by atoms with E-state index in [1.54, 1.807) is 11.3 Å². The van der Waals surface area contributed by atoms with E-state index in [1.807, 2.05) is 17.5 Å². The molecule has 0 bridgehead atoms. The first-order valence-corrected chi connectivity index (χ1v) is 5.66. The van der Waals surface area contributed by atoms with Crippen LogP contribution < -0.4 is 0 Å². The molecule has 0 aliphatic heterocycles. The first kappa shape index (κ1) is 9.22. The highest BCUT2D eigenvalue weighted by molar-refractivity contribution is 7.10. The predicted octanol–water partition coefficient (Wildman–Crippen LogP) is 3.15. The molecule has 1 fully saturated rings. The van der Waals surface area contributed by atoms with Crippen molar-refractivity contribution in [2.24, 2.45) is 5.41 Å². The van der Waals surface area contributed by atoms with E-state index in [2.05, 4.69) is 13.8 Å². The molecule has 1 aromatic rings. The summed E-state index contributed by atoms with van der Waals surface area (Å²) in [5.41, 5.74) is -0.226. The Morgan fingerprint density at radius 2 is 2.15 bits per heavy atom. The Kier molecular flexibility index (Phi) is 2.00. The molecule has 0 saturated heterocycles. The van der Waals surface area contributed by atoms with Crippen molar-refractivity contribution >= 4 is 11.3 Å². The lowest BCUT2D eigenvalue weighted by atomic mass is 9.89. The average molecular weight is 196 g/mol. The standard InChI is InChI=1S/C11H16OS/c1-10(2)5-6-11(12,8-10)9-4-3-7-13-9/h3-4,7,12H,5-6,8H2,1-2H3. The van der Waals surface area contributed by atoms with E-state index in [4.69, 9.17) is 0 Å². The molecule has 1 aromatic heterocycles. The molecule has 72 valence electrons. The van der Waals surface area contributed by atoms with E-state index in [9.17, 15) is 5.11 Å². The first-order valence-electron chi connectivity index (χ1n) is 4.78. The molecule has 13 heavy (non-hydrogen) atoms. The molecule has 1 heterocycles. The van der Waals surface area contributed by atoms with Crippen molar-refractivity contribution in [3.8, 4) is 0 Å². The van der Waals surface area contributed by atoms with Gasteiger partial charge < -0.3 is 5.11 Å². The molecular formula is C11H16OS. The minimum atomic E-state index is -0.530. The molecule has 0 radical (unpaired) electrons. The molecule has 1 aliphatic carbocycles. The molecule has 1 nitrogen and oxygen atoms in total. The van der Waals surface area contributed by atoms with Crippen LogP contribution >= 0.6 is 11.3 Å². The van der Waals surface area contributed by atoms with Crippen molar-refractivity contribution in [1.82, 2.24) is 0 Å². The van der Waals surface area contributed by atoms with Crippen LogP contribution in [0.3, 0.4) is 0 Å². The molecule has 1 aliphatic rings. The van der Waals surface area contributed by atoms with Gasteiger partial charge in [-0.3, -0.25) is 0 Å². The van der Waals surface area contributed by atoms with Crippen molar-refractivity contribution < 1.29 is 5.11 Å². The van der Waals surface area contributed by atoms with Crippen molar-refractivity contribution in [1.29, 1.82) is 0 Å². The van der Waals surface area contributed by atoms with E-state index >= 15 is 0 Å². The molecule has 0 spiro atoms. The summed E-state index contributed by atoms with van der Waals surface area (Å²) in [7, 11) is 0. The Hall–Kier alpha value is -0.340. The van der Waals surface area contributed by atoms with Crippen LogP contribution in [0, 0.1) is 5.41 Å². The minimum absolute atomic E-state index is 0.304. The fraction of sp³-hybridized carbons (Fsp3) is 0.636. The molecule has 1 saturated carbocycles. The van der Waals surface area contributed by atoms with Gasteiger partial charge in [-0.1, -0.05) is 19.9 Å². The summed E-state index contributed by atoms with van der Waals surface area (Å²) >= 11 is 1.67. The summed E-state index contributed by atoms with van der Waals surface area (Å²) < 4.78 is 0. The van der Waals surface area contributed by atoms with Crippen LogP contribution in [0.2, 0.25) is 0 Å². The highest BCUT2D eigenvalue weighted by atomic mass is 32.1. The smallest absolute Gasteiger partial charge is 0.0993 e. The average Bonchev–Trinajstić information content (AvgIpc) is 2.58. The third-order valence-corrected chi connectivity index (χ3v) is 4.03. The van der Waals surface area contributed by atoms with Crippen LogP contribution in [0.25, 0.3) is 0 Å². The lowest BCUT2D eigenvalue weighted by molar-refractivity contribution is 0.0375. The zero-order valence-corrected chi connectivity index (χ0v) is 9.03. The zero-order chi connectivity index (χ0) is 9.53. The predicted molar refractivity (Wildman–Crippen MR) is 55.8 cm³/mol. The Balaban J connectivity index is 2.25. The Morgan fingerprint density at radius 1 is 1.38 bits per heavy atom.